The summed E-state index contributed by atoms with van der Waals surface area (Å²) in [7, 11) is 1.67. The van der Waals surface area contributed by atoms with Gasteiger partial charge < -0.3 is 9.64 Å². The van der Waals surface area contributed by atoms with E-state index < -0.39 is 0 Å². The van der Waals surface area contributed by atoms with E-state index in [4.69, 9.17) is 9.84 Å². The van der Waals surface area contributed by atoms with E-state index in [1.165, 1.54) is 5.56 Å². The summed E-state index contributed by atoms with van der Waals surface area (Å²) in [4.78, 5) is 18.1. The largest absolute Gasteiger partial charge is 0.497 e. The van der Waals surface area contributed by atoms with E-state index in [1.807, 2.05) is 36.4 Å². The molecule has 0 aliphatic carbocycles. The lowest BCUT2D eigenvalue weighted by Crippen LogP contribution is -2.49. The zero-order valence-corrected chi connectivity index (χ0v) is 18.8. The van der Waals surface area contributed by atoms with Crippen molar-refractivity contribution in [1.29, 1.82) is 0 Å². The minimum absolute atomic E-state index is 0.0658. The Morgan fingerprint density at radius 2 is 1.81 bits per heavy atom. The van der Waals surface area contributed by atoms with Crippen molar-refractivity contribution in [3.63, 3.8) is 0 Å². The minimum Gasteiger partial charge on any atom is -0.497 e. The van der Waals surface area contributed by atoms with E-state index in [9.17, 15) is 4.79 Å². The number of benzene rings is 2. The molecule has 4 rings (SSSR count). The van der Waals surface area contributed by atoms with E-state index >= 15 is 0 Å². The number of piperazine rings is 1. The van der Waals surface area contributed by atoms with E-state index in [1.54, 1.807) is 12.1 Å². The summed E-state index contributed by atoms with van der Waals surface area (Å²) < 4.78 is 5.39. The van der Waals surface area contributed by atoms with Crippen LogP contribution in [0.15, 0.2) is 53.6 Å². The summed E-state index contributed by atoms with van der Waals surface area (Å²) in [5, 5.41) is 6.56. The number of likely N-dealkylation sites (N-methyl/N-ethyl adjacent to an activating group) is 1. The number of nitrogens with zero attached hydrogens (tertiary/aromatic N) is 4. The molecule has 1 saturated heterocycles. The Hall–Kier alpha value is -2.70. The van der Waals surface area contributed by atoms with Gasteiger partial charge in [-0.25, -0.2) is 5.01 Å². The molecule has 2 aliphatic rings. The number of amides is 1. The second kappa shape index (κ2) is 9.62. The molecule has 164 valence electrons. The van der Waals surface area contributed by atoms with Gasteiger partial charge in [-0.1, -0.05) is 43.3 Å². The maximum Gasteiger partial charge on any atom is 0.257 e. The normalized spacial score (nSPS) is 20.0. The Balaban J connectivity index is 1.58. The quantitative estimate of drug-likeness (QED) is 0.719. The third-order valence-corrected chi connectivity index (χ3v) is 6.39. The van der Waals surface area contributed by atoms with Crippen LogP contribution in [0.1, 0.15) is 36.1 Å². The lowest BCUT2D eigenvalue weighted by atomic mass is 9.95. The fraction of sp³-hybridized carbons (Fsp3) is 0.440. The Labute approximate surface area is 185 Å². The topological polar surface area (TPSA) is 48.4 Å². The number of hydrogen-bond acceptors (Lipinski definition) is 5. The molecule has 1 amide bonds. The molecule has 1 atom stereocenters. The van der Waals surface area contributed by atoms with Crippen LogP contribution in [0.2, 0.25) is 0 Å². The molecule has 6 nitrogen and oxygen atoms in total. The standard InChI is InChI=1S/C25H32N4O2/c1-4-27-12-14-28(15-13-27)18-25(30)29-24(22-11-6-5-8-19(22)2)17-23(26-29)20-9-7-10-21(16-20)31-3/h5-11,16,24H,4,12-15,17-18H2,1-3H3/t24-/m1/s1. The zero-order valence-electron chi connectivity index (χ0n) is 18.8. The number of methoxy groups -OCH3 is 1. The Morgan fingerprint density at radius 1 is 1.06 bits per heavy atom. The summed E-state index contributed by atoms with van der Waals surface area (Å²) in [6.07, 6.45) is 0.702. The first-order valence-corrected chi connectivity index (χ1v) is 11.1. The van der Waals surface area contributed by atoms with Crippen molar-refractivity contribution in [3.8, 4) is 5.75 Å². The van der Waals surface area contributed by atoms with Gasteiger partial charge in [0.1, 0.15) is 5.75 Å². The third kappa shape index (κ3) is 4.81. The molecule has 2 aromatic rings. The van der Waals surface area contributed by atoms with Crippen LogP contribution in [0, 0.1) is 6.92 Å². The molecule has 0 N–H and O–H groups in total. The third-order valence-electron chi connectivity index (χ3n) is 6.39. The molecule has 0 unspecified atom stereocenters. The van der Waals surface area contributed by atoms with Crippen molar-refractivity contribution in [2.45, 2.75) is 26.3 Å². The first-order valence-electron chi connectivity index (χ1n) is 11.1. The number of ether oxygens (including phenoxy) is 1. The molecule has 0 aromatic heterocycles. The van der Waals surface area contributed by atoms with Crippen LogP contribution in [0.4, 0.5) is 0 Å². The van der Waals surface area contributed by atoms with Gasteiger partial charge in [0.05, 0.1) is 25.4 Å². The molecular weight excluding hydrogens is 388 g/mol. The zero-order chi connectivity index (χ0) is 21.8. The van der Waals surface area contributed by atoms with Crippen LogP contribution in [0.25, 0.3) is 0 Å². The van der Waals surface area contributed by atoms with Gasteiger partial charge in [0.25, 0.3) is 5.91 Å². The number of carbonyl (C=O) groups excluding carboxylic acids is 1. The lowest BCUT2D eigenvalue weighted by Gasteiger charge is -2.34. The Bertz CT molecular complexity index is 950. The second-order valence-corrected chi connectivity index (χ2v) is 8.30. The maximum absolute atomic E-state index is 13.4. The molecule has 0 bridgehead atoms. The van der Waals surface area contributed by atoms with Gasteiger partial charge in [-0.3, -0.25) is 9.69 Å². The van der Waals surface area contributed by atoms with Crippen molar-refractivity contribution in [3.05, 3.63) is 65.2 Å². The first kappa shape index (κ1) is 21.5. The number of rotatable bonds is 6. The minimum atomic E-state index is -0.0770. The Kier molecular flexibility index (Phi) is 6.68. The van der Waals surface area contributed by atoms with Crippen molar-refractivity contribution < 1.29 is 9.53 Å². The smallest absolute Gasteiger partial charge is 0.257 e. The van der Waals surface area contributed by atoms with Crippen LogP contribution >= 0.6 is 0 Å². The number of carbonyl (C=O) groups is 1. The number of aryl methyl sites for hydroxylation is 1. The van der Waals surface area contributed by atoms with Crippen LogP contribution in [-0.2, 0) is 4.79 Å². The van der Waals surface area contributed by atoms with Gasteiger partial charge in [-0.05, 0) is 36.7 Å². The summed E-state index contributed by atoms with van der Waals surface area (Å²) >= 11 is 0. The van der Waals surface area contributed by atoms with Gasteiger partial charge in [-0.2, -0.15) is 5.10 Å². The van der Waals surface area contributed by atoms with E-state index in [2.05, 4.69) is 35.8 Å². The maximum atomic E-state index is 13.4. The average molecular weight is 421 g/mol. The predicted octanol–water partition coefficient (Wildman–Crippen LogP) is 3.32. The van der Waals surface area contributed by atoms with Crippen LogP contribution in [0.3, 0.4) is 0 Å². The van der Waals surface area contributed by atoms with E-state index in [0.717, 1.165) is 55.3 Å². The second-order valence-electron chi connectivity index (χ2n) is 8.30. The fourth-order valence-corrected chi connectivity index (χ4v) is 4.45. The van der Waals surface area contributed by atoms with Gasteiger partial charge in [0.2, 0.25) is 0 Å². The van der Waals surface area contributed by atoms with Crippen LogP contribution in [0.5, 0.6) is 5.75 Å². The van der Waals surface area contributed by atoms with Gasteiger partial charge >= 0.3 is 0 Å². The SMILES string of the molecule is CCN1CCN(CC(=O)N2N=C(c3cccc(OC)c3)C[C@@H]2c2ccccc2C)CC1. The fourth-order valence-electron chi connectivity index (χ4n) is 4.45. The molecule has 2 aromatic carbocycles. The van der Waals surface area contributed by atoms with Crippen molar-refractivity contribution in [2.24, 2.45) is 5.10 Å². The molecule has 0 spiro atoms. The highest BCUT2D eigenvalue weighted by Gasteiger charge is 2.34. The predicted molar refractivity (Wildman–Crippen MR) is 123 cm³/mol. The molecule has 0 radical (unpaired) electrons. The monoisotopic (exact) mass is 420 g/mol. The number of hydrazone groups is 1. The highest BCUT2D eigenvalue weighted by atomic mass is 16.5. The van der Waals surface area contributed by atoms with Crippen molar-refractivity contribution >= 4 is 11.6 Å². The molecule has 1 fully saturated rings. The average Bonchev–Trinajstić information content (AvgIpc) is 3.25. The number of hydrogen-bond donors (Lipinski definition) is 0. The molecule has 2 aliphatic heterocycles. The first-order chi connectivity index (χ1) is 15.1. The summed E-state index contributed by atoms with van der Waals surface area (Å²) in [6.45, 7) is 9.65. The van der Waals surface area contributed by atoms with Crippen LogP contribution < -0.4 is 4.74 Å². The Morgan fingerprint density at radius 3 is 2.52 bits per heavy atom. The van der Waals surface area contributed by atoms with Gasteiger partial charge in [0.15, 0.2) is 0 Å². The molecule has 0 saturated carbocycles. The van der Waals surface area contributed by atoms with E-state index in [0.29, 0.717) is 13.0 Å². The lowest BCUT2D eigenvalue weighted by molar-refractivity contribution is -0.134. The highest BCUT2D eigenvalue weighted by molar-refractivity contribution is 6.03. The molecule has 31 heavy (non-hydrogen) atoms. The highest BCUT2D eigenvalue weighted by Crippen LogP contribution is 2.35. The van der Waals surface area contributed by atoms with Crippen LogP contribution in [-0.4, -0.2) is 72.8 Å². The van der Waals surface area contributed by atoms with Crippen molar-refractivity contribution in [2.75, 3.05) is 46.4 Å². The molecule has 6 heteroatoms. The molecule has 2 heterocycles. The summed E-state index contributed by atoms with van der Waals surface area (Å²) in [5.41, 5.74) is 4.28. The van der Waals surface area contributed by atoms with Crippen molar-refractivity contribution in [1.82, 2.24) is 14.8 Å². The molecular formula is C25H32N4O2. The van der Waals surface area contributed by atoms with Gasteiger partial charge in [0, 0.05) is 38.2 Å². The summed E-state index contributed by atoms with van der Waals surface area (Å²) in [6, 6.07) is 16.1. The van der Waals surface area contributed by atoms with Gasteiger partial charge in [-0.15, -0.1) is 0 Å². The van der Waals surface area contributed by atoms with E-state index in [-0.39, 0.29) is 11.9 Å². The summed E-state index contributed by atoms with van der Waals surface area (Å²) in [5.74, 6) is 0.863.